The summed E-state index contributed by atoms with van der Waals surface area (Å²) in [5, 5.41) is 0. The number of esters is 1. The van der Waals surface area contributed by atoms with E-state index in [1.54, 1.807) is 39.4 Å². The van der Waals surface area contributed by atoms with E-state index in [4.69, 9.17) is 14.5 Å². The Morgan fingerprint density at radius 2 is 1.78 bits per heavy atom. The number of nitrogens with zero attached hydrogens (tertiary/aromatic N) is 5. The van der Waals surface area contributed by atoms with E-state index >= 15 is 4.39 Å². The van der Waals surface area contributed by atoms with Gasteiger partial charge in [0.05, 0.1) is 19.0 Å². The van der Waals surface area contributed by atoms with Crippen molar-refractivity contribution in [2.24, 2.45) is 0 Å². The summed E-state index contributed by atoms with van der Waals surface area (Å²) >= 11 is 0. The fourth-order valence-corrected chi connectivity index (χ4v) is 4.02. The maximum atomic E-state index is 15.3. The molecule has 8 nitrogen and oxygen atoms in total. The Labute approximate surface area is 211 Å². The van der Waals surface area contributed by atoms with Gasteiger partial charge in [0.1, 0.15) is 29.5 Å². The van der Waals surface area contributed by atoms with Gasteiger partial charge in [0.25, 0.3) is 0 Å². The summed E-state index contributed by atoms with van der Waals surface area (Å²) in [6, 6.07) is 15.5. The summed E-state index contributed by atoms with van der Waals surface area (Å²) in [7, 11) is 0. The van der Waals surface area contributed by atoms with Gasteiger partial charge in [-0.3, -0.25) is 9.88 Å². The molecule has 0 spiro atoms. The molecule has 2 aromatic heterocycles. The molecule has 190 valence electrons. The second-order valence-electron chi connectivity index (χ2n) is 9.81. The monoisotopic (exact) mass is 493 g/mol. The average Bonchev–Trinajstić information content (AvgIpc) is 2.85. The lowest BCUT2D eigenvalue weighted by molar-refractivity contribution is -0.161. The smallest absolute Gasteiger partial charge is 0.332 e. The summed E-state index contributed by atoms with van der Waals surface area (Å²) in [5.41, 5.74) is -1.19. The number of para-hydroxylation sites is 1. The Balaban J connectivity index is 1.42. The highest BCUT2D eigenvalue weighted by atomic mass is 19.1. The van der Waals surface area contributed by atoms with Gasteiger partial charge >= 0.3 is 5.97 Å². The third-order valence-corrected chi connectivity index (χ3v) is 5.72. The van der Waals surface area contributed by atoms with E-state index in [9.17, 15) is 4.79 Å². The fraction of sp³-hybridized carbons (Fsp3) is 0.407. The molecule has 0 N–H and O–H groups in total. The van der Waals surface area contributed by atoms with E-state index in [0.29, 0.717) is 24.7 Å². The molecule has 3 heterocycles. The summed E-state index contributed by atoms with van der Waals surface area (Å²) in [4.78, 5) is 29.6. The van der Waals surface area contributed by atoms with Crippen LogP contribution in [0.4, 0.5) is 27.5 Å². The van der Waals surface area contributed by atoms with Crippen LogP contribution in [-0.2, 0) is 14.3 Å². The number of ether oxygens (including phenoxy) is 2. The van der Waals surface area contributed by atoms with Crippen molar-refractivity contribution in [3.05, 3.63) is 67.1 Å². The zero-order chi connectivity index (χ0) is 25.6. The number of anilines is 4. The number of hydrogen-bond acceptors (Lipinski definition) is 8. The minimum Gasteiger partial charge on any atom is -0.458 e. The zero-order valence-electron chi connectivity index (χ0n) is 20.9. The number of hydrogen-bond donors (Lipinski definition) is 0. The van der Waals surface area contributed by atoms with E-state index in [1.165, 1.54) is 0 Å². The maximum absolute atomic E-state index is 15.3. The molecule has 0 saturated carbocycles. The average molecular weight is 494 g/mol. The van der Waals surface area contributed by atoms with Crippen LogP contribution in [-0.4, -0.2) is 58.5 Å². The maximum Gasteiger partial charge on any atom is 0.332 e. The van der Waals surface area contributed by atoms with E-state index in [-0.39, 0.29) is 26.1 Å². The van der Waals surface area contributed by atoms with Crippen molar-refractivity contribution in [3.8, 4) is 0 Å². The first kappa shape index (κ1) is 25.5. The highest BCUT2D eigenvalue weighted by Crippen LogP contribution is 2.33. The number of alkyl halides is 1. The van der Waals surface area contributed by atoms with Crippen LogP contribution in [0.25, 0.3) is 0 Å². The van der Waals surface area contributed by atoms with Gasteiger partial charge in [-0.25, -0.2) is 19.2 Å². The van der Waals surface area contributed by atoms with Crippen LogP contribution in [0, 0.1) is 0 Å². The van der Waals surface area contributed by atoms with Crippen molar-refractivity contribution in [3.63, 3.8) is 0 Å². The Morgan fingerprint density at radius 1 is 1.06 bits per heavy atom. The van der Waals surface area contributed by atoms with Crippen LogP contribution < -0.4 is 9.80 Å². The van der Waals surface area contributed by atoms with E-state index in [0.717, 1.165) is 11.5 Å². The molecule has 4 rings (SSSR count). The molecule has 0 atom stereocenters. The number of halogens is 1. The van der Waals surface area contributed by atoms with Gasteiger partial charge in [-0.15, -0.1) is 0 Å². The minimum absolute atomic E-state index is 0.146. The number of piperidine rings is 1. The molecule has 9 heteroatoms. The highest BCUT2D eigenvalue weighted by molar-refractivity contribution is 5.72. The number of pyridine rings is 1. The highest BCUT2D eigenvalue weighted by Gasteiger charge is 2.36. The lowest BCUT2D eigenvalue weighted by Crippen LogP contribution is -2.45. The zero-order valence-corrected chi connectivity index (χ0v) is 20.9. The minimum atomic E-state index is -1.51. The quantitative estimate of drug-likeness (QED) is 0.405. The molecular formula is C27H32FN5O3. The van der Waals surface area contributed by atoms with Gasteiger partial charge in [0.2, 0.25) is 0 Å². The first-order chi connectivity index (χ1) is 17.2. The predicted molar refractivity (Wildman–Crippen MR) is 136 cm³/mol. The Morgan fingerprint density at radius 3 is 2.44 bits per heavy atom. The number of carbonyl (C=O) groups is 1. The third-order valence-electron chi connectivity index (χ3n) is 5.72. The summed E-state index contributed by atoms with van der Waals surface area (Å²) in [6.45, 7) is 5.86. The second kappa shape index (κ2) is 11.0. The molecule has 1 aromatic carbocycles. The molecular weight excluding hydrogens is 461 g/mol. The van der Waals surface area contributed by atoms with Crippen LogP contribution in [0.15, 0.2) is 67.1 Å². The third kappa shape index (κ3) is 6.75. The summed E-state index contributed by atoms with van der Waals surface area (Å²) < 4.78 is 25.9. The lowest BCUT2D eigenvalue weighted by atomic mass is 9.94. The molecule has 1 fully saturated rings. The second-order valence-corrected chi connectivity index (χ2v) is 9.81. The molecule has 0 unspecified atom stereocenters. The molecule has 1 aliphatic heterocycles. The summed E-state index contributed by atoms with van der Waals surface area (Å²) in [6.07, 6.45) is 5.64. The Hall–Kier alpha value is -3.59. The van der Waals surface area contributed by atoms with Crippen molar-refractivity contribution in [1.82, 2.24) is 15.0 Å². The normalized spacial score (nSPS) is 15.4. The molecule has 0 bridgehead atoms. The van der Waals surface area contributed by atoms with Gasteiger partial charge in [0, 0.05) is 37.8 Å². The van der Waals surface area contributed by atoms with Crippen LogP contribution in [0.1, 0.15) is 33.6 Å². The van der Waals surface area contributed by atoms with Gasteiger partial charge in [0.15, 0.2) is 5.82 Å². The van der Waals surface area contributed by atoms with E-state index < -0.39 is 17.2 Å². The predicted octanol–water partition coefficient (Wildman–Crippen LogP) is 5.01. The van der Waals surface area contributed by atoms with Gasteiger partial charge in [-0.05, 0) is 45.0 Å². The summed E-state index contributed by atoms with van der Waals surface area (Å²) in [5.74, 6) is 1.52. The molecule has 0 radical (unpaired) electrons. The number of aromatic nitrogens is 3. The molecule has 0 aliphatic carbocycles. The van der Waals surface area contributed by atoms with Gasteiger partial charge in [-0.1, -0.05) is 24.3 Å². The first-order valence-electron chi connectivity index (χ1n) is 12.0. The van der Waals surface area contributed by atoms with E-state index in [2.05, 4.69) is 9.97 Å². The van der Waals surface area contributed by atoms with Crippen molar-refractivity contribution < 1.29 is 18.7 Å². The Kier molecular flexibility index (Phi) is 7.79. The topological polar surface area (TPSA) is 80.7 Å². The van der Waals surface area contributed by atoms with Crippen LogP contribution in [0.2, 0.25) is 0 Å². The molecule has 1 aliphatic rings. The Bertz CT molecular complexity index is 1090. The molecule has 36 heavy (non-hydrogen) atoms. The fourth-order valence-electron chi connectivity index (χ4n) is 4.02. The standard InChI is InChI=1S/C27H32FN5O3/c1-26(2,3)36-25(34)19-35-20-27(28)12-15-32(16-13-27)23-17-29-18-24(31-23)33(21-9-5-4-6-10-21)22-11-7-8-14-30-22/h4-11,14,17-18H,12-13,15-16,19-20H2,1-3H3. The van der Waals surface area contributed by atoms with Crippen molar-refractivity contribution in [1.29, 1.82) is 0 Å². The van der Waals surface area contributed by atoms with Crippen LogP contribution in [0.3, 0.4) is 0 Å². The SMILES string of the molecule is CC(C)(C)OC(=O)COCC1(F)CCN(c2cncc(N(c3ccccc3)c3ccccn3)n2)CC1. The van der Waals surface area contributed by atoms with E-state index in [1.807, 2.05) is 58.3 Å². The van der Waals surface area contributed by atoms with Gasteiger partial charge in [-0.2, -0.15) is 0 Å². The first-order valence-corrected chi connectivity index (χ1v) is 12.0. The molecule has 3 aromatic rings. The van der Waals surface area contributed by atoms with Crippen molar-refractivity contribution in [2.75, 3.05) is 36.1 Å². The lowest BCUT2D eigenvalue weighted by Gasteiger charge is -2.37. The number of benzene rings is 1. The number of rotatable bonds is 8. The van der Waals surface area contributed by atoms with Crippen LogP contribution in [0.5, 0.6) is 0 Å². The van der Waals surface area contributed by atoms with Crippen molar-refractivity contribution >= 4 is 29.1 Å². The number of carbonyl (C=O) groups excluding carboxylic acids is 1. The van der Waals surface area contributed by atoms with Gasteiger partial charge < -0.3 is 14.4 Å². The van der Waals surface area contributed by atoms with Crippen LogP contribution >= 0.6 is 0 Å². The largest absolute Gasteiger partial charge is 0.458 e. The molecule has 1 saturated heterocycles. The van der Waals surface area contributed by atoms with Crippen molar-refractivity contribution in [2.45, 2.75) is 44.9 Å². The molecule has 0 amide bonds.